The number of hydrogen-bond donors (Lipinski definition) is 2. The molecule has 0 radical (unpaired) electrons. The molecule has 5 amide bonds. The second-order valence-corrected chi connectivity index (χ2v) is 16.8. The predicted octanol–water partition coefficient (Wildman–Crippen LogP) is 3.70. The zero-order chi connectivity index (χ0) is 40.1. The van der Waals surface area contributed by atoms with Crippen molar-refractivity contribution in [3.8, 4) is 11.8 Å². The van der Waals surface area contributed by atoms with Gasteiger partial charge in [-0.25, -0.2) is 0 Å². The Morgan fingerprint density at radius 1 is 0.897 bits per heavy atom. The van der Waals surface area contributed by atoms with Crippen LogP contribution >= 0.6 is 11.6 Å². The number of piperidine rings is 3. The van der Waals surface area contributed by atoms with Crippen LogP contribution in [0.15, 0.2) is 48.5 Å². The molecule has 0 spiro atoms. The monoisotopic (exact) mass is 805 g/mol. The molecule has 1 saturated carbocycles. The maximum Gasteiger partial charge on any atom is 0.272 e. The number of fused-ring (bicyclic) bond motifs is 3. The first kappa shape index (κ1) is 38.0. The fraction of sp³-hybridized carbons (Fsp3) is 0.476. The molecule has 1 aromatic heterocycles. The van der Waals surface area contributed by atoms with Gasteiger partial charge in [0.05, 0.1) is 27.8 Å². The third-order valence-electron chi connectivity index (χ3n) is 12.7. The van der Waals surface area contributed by atoms with E-state index in [1.165, 1.54) is 0 Å². The average Bonchev–Trinajstić information content (AvgIpc) is 3.47. The van der Waals surface area contributed by atoms with E-state index in [2.05, 4.69) is 41.6 Å². The van der Waals surface area contributed by atoms with E-state index in [0.717, 1.165) is 94.1 Å². The van der Waals surface area contributed by atoms with Crippen LogP contribution in [-0.2, 0) is 9.59 Å². The molecule has 5 saturated heterocycles. The first-order valence-corrected chi connectivity index (χ1v) is 20.6. The van der Waals surface area contributed by atoms with E-state index < -0.39 is 29.7 Å². The third-order valence-corrected chi connectivity index (χ3v) is 13.0. The number of piperazine rings is 1. The molecule has 15 nitrogen and oxygen atoms in total. The number of ether oxygens (including phenoxy) is 1. The summed E-state index contributed by atoms with van der Waals surface area (Å²) in [5.41, 5.74) is 2.26. The topological polar surface area (TPSA) is 181 Å². The van der Waals surface area contributed by atoms with Crippen LogP contribution in [0.1, 0.15) is 94.6 Å². The van der Waals surface area contributed by atoms with E-state index >= 15 is 0 Å². The van der Waals surface area contributed by atoms with E-state index in [1.54, 1.807) is 36.4 Å². The third kappa shape index (κ3) is 7.35. The van der Waals surface area contributed by atoms with Crippen LogP contribution in [0.2, 0.25) is 5.02 Å². The number of amides is 5. The van der Waals surface area contributed by atoms with Gasteiger partial charge < -0.3 is 19.9 Å². The Bertz CT molecular complexity index is 2190. The van der Waals surface area contributed by atoms with Gasteiger partial charge in [-0.1, -0.05) is 11.6 Å². The smallest absolute Gasteiger partial charge is 0.272 e. The van der Waals surface area contributed by atoms with Crippen molar-refractivity contribution >= 4 is 52.6 Å². The summed E-state index contributed by atoms with van der Waals surface area (Å²) in [7, 11) is 0. The SMILES string of the molecule is N#Cc1ccc(O[C@H]2CC[C@H](NC(=O)c3ccc(N4CCC(CN5CC6CC(C5)N6c5ccc6c(c5)C(=O)N(C5CCC(=O)NC5=O)C6=O)CC4)nn3)CC2)cc1Cl. The summed E-state index contributed by atoms with van der Waals surface area (Å²) < 4.78 is 6.08. The zero-order valence-corrected chi connectivity index (χ0v) is 32.7. The molecule has 7 heterocycles. The second-order valence-electron chi connectivity index (χ2n) is 16.4. The number of benzene rings is 2. The molecule has 7 aliphatic rings. The van der Waals surface area contributed by atoms with Crippen LogP contribution in [0, 0.1) is 17.2 Å². The molecule has 2 aromatic carbocycles. The molecular weight excluding hydrogens is 762 g/mol. The number of rotatable bonds is 9. The van der Waals surface area contributed by atoms with Crippen molar-refractivity contribution in [2.75, 3.05) is 42.5 Å². The van der Waals surface area contributed by atoms with Crippen LogP contribution < -0.4 is 25.2 Å². The van der Waals surface area contributed by atoms with Crippen molar-refractivity contribution in [3.05, 3.63) is 75.9 Å². The van der Waals surface area contributed by atoms with Gasteiger partial charge in [0.25, 0.3) is 17.7 Å². The number of nitrogens with zero attached hydrogens (tertiary/aromatic N) is 7. The molecule has 16 heteroatoms. The number of nitrogens with one attached hydrogen (secondary N) is 2. The summed E-state index contributed by atoms with van der Waals surface area (Å²) in [6.45, 7) is 4.63. The molecule has 6 aliphatic heterocycles. The van der Waals surface area contributed by atoms with Crippen molar-refractivity contribution in [1.29, 1.82) is 5.26 Å². The summed E-state index contributed by atoms with van der Waals surface area (Å²) in [6, 6.07) is 15.9. The number of imide groups is 2. The van der Waals surface area contributed by atoms with E-state index in [0.29, 0.717) is 51.2 Å². The lowest BCUT2D eigenvalue weighted by Gasteiger charge is -2.58. The summed E-state index contributed by atoms with van der Waals surface area (Å²) >= 11 is 6.15. The van der Waals surface area contributed by atoms with Crippen LogP contribution in [0.4, 0.5) is 11.5 Å². The van der Waals surface area contributed by atoms with Crippen LogP contribution in [-0.4, -0.2) is 113 Å². The van der Waals surface area contributed by atoms with Gasteiger partial charge in [0.1, 0.15) is 17.9 Å². The fourth-order valence-electron chi connectivity index (χ4n) is 9.65. The molecular formula is C42H44ClN9O6. The maximum absolute atomic E-state index is 13.4. The lowest BCUT2D eigenvalue weighted by Crippen LogP contribution is -2.69. The highest BCUT2D eigenvalue weighted by Gasteiger charge is 2.48. The highest BCUT2D eigenvalue weighted by molar-refractivity contribution is 6.31. The van der Waals surface area contributed by atoms with Crippen LogP contribution in [0.5, 0.6) is 5.75 Å². The minimum absolute atomic E-state index is 0.0189. The Labute approximate surface area is 340 Å². The number of halogens is 1. The van der Waals surface area contributed by atoms with Crippen molar-refractivity contribution in [2.45, 2.75) is 88.1 Å². The van der Waals surface area contributed by atoms with Gasteiger partial charge in [0.2, 0.25) is 11.8 Å². The van der Waals surface area contributed by atoms with Crippen molar-refractivity contribution in [2.24, 2.45) is 5.92 Å². The minimum atomic E-state index is -0.974. The standard InChI is InChI=1S/C42H44ClN9O6/c43-34-19-31(5-1-25(34)20-44)58-30-6-2-26(3-7-30)45-39(54)35-9-11-37(48-47-35)50-15-13-24(14-16-50)21-49-22-28-17-29(23-49)51(28)27-4-8-32-33(18-27)42(57)52(41(32)56)36-10-12-38(53)46-40(36)55/h1,4-5,8-9,11,18-19,24,26,28-30,36H,2-3,6-7,10,12-17,21-23H2,(H,45,54)(H,46,53,55)/t26-,28?,29?,30-,36?. The summed E-state index contributed by atoms with van der Waals surface area (Å²) in [5, 5.41) is 23.5. The van der Waals surface area contributed by atoms with Crippen molar-refractivity contribution in [1.82, 2.24) is 30.6 Å². The van der Waals surface area contributed by atoms with Gasteiger partial charge in [-0.15, -0.1) is 10.2 Å². The van der Waals surface area contributed by atoms with Crippen molar-refractivity contribution < 1.29 is 28.7 Å². The zero-order valence-electron chi connectivity index (χ0n) is 31.9. The maximum atomic E-state index is 13.4. The fourth-order valence-corrected chi connectivity index (χ4v) is 9.86. The summed E-state index contributed by atoms with van der Waals surface area (Å²) in [4.78, 5) is 71.9. The molecule has 2 bridgehead atoms. The molecule has 3 unspecified atom stereocenters. The summed E-state index contributed by atoms with van der Waals surface area (Å²) in [6.07, 6.45) is 6.55. The molecule has 1 aliphatic carbocycles. The molecule has 3 atom stereocenters. The van der Waals surface area contributed by atoms with Crippen LogP contribution in [0.25, 0.3) is 0 Å². The molecule has 58 heavy (non-hydrogen) atoms. The Kier molecular flexibility index (Phi) is 10.2. The van der Waals surface area contributed by atoms with E-state index in [4.69, 9.17) is 21.6 Å². The molecule has 10 rings (SSSR count). The highest BCUT2D eigenvalue weighted by atomic mass is 35.5. The number of nitriles is 1. The average molecular weight is 806 g/mol. The highest BCUT2D eigenvalue weighted by Crippen LogP contribution is 2.40. The van der Waals surface area contributed by atoms with Gasteiger partial charge in [0, 0.05) is 69.0 Å². The Morgan fingerprint density at radius 2 is 1.66 bits per heavy atom. The molecule has 300 valence electrons. The van der Waals surface area contributed by atoms with E-state index in [9.17, 15) is 24.0 Å². The lowest BCUT2D eigenvalue weighted by atomic mass is 9.85. The molecule has 2 N–H and O–H groups in total. The van der Waals surface area contributed by atoms with Gasteiger partial charge in [-0.05, 0) is 99.7 Å². The van der Waals surface area contributed by atoms with Crippen LogP contribution in [0.3, 0.4) is 0 Å². The Morgan fingerprint density at radius 3 is 2.34 bits per heavy atom. The second kappa shape index (κ2) is 15.6. The Hall–Kier alpha value is -5.59. The number of carbonyl (C=O) groups is 5. The quantitative estimate of drug-likeness (QED) is 0.300. The number of carbonyl (C=O) groups excluding carboxylic acids is 5. The largest absolute Gasteiger partial charge is 0.490 e. The van der Waals surface area contributed by atoms with Gasteiger partial charge in [-0.3, -0.25) is 39.1 Å². The first-order chi connectivity index (χ1) is 28.1. The molecule has 6 fully saturated rings. The van der Waals surface area contributed by atoms with E-state index in [-0.39, 0.29) is 30.9 Å². The lowest BCUT2D eigenvalue weighted by molar-refractivity contribution is -0.136. The normalized spacial score (nSPS) is 26.1. The molecule has 3 aromatic rings. The van der Waals surface area contributed by atoms with Crippen molar-refractivity contribution in [3.63, 3.8) is 0 Å². The first-order valence-electron chi connectivity index (χ1n) is 20.2. The van der Waals surface area contributed by atoms with Gasteiger partial charge in [0.15, 0.2) is 11.5 Å². The van der Waals surface area contributed by atoms with Gasteiger partial charge in [-0.2, -0.15) is 5.26 Å². The minimum Gasteiger partial charge on any atom is -0.490 e. The summed E-state index contributed by atoms with van der Waals surface area (Å²) in [5.74, 6) is -0.212. The van der Waals surface area contributed by atoms with E-state index in [1.807, 2.05) is 12.1 Å². The Balaban J connectivity index is 0.713. The van der Waals surface area contributed by atoms with Gasteiger partial charge >= 0.3 is 0 Å². The predicted molar refractivity (Wildman–Crippen MR) is 211 cm³/mol. The number of aromatic nitrogens is 2. The number of hydrogen-bond acceptors (Lipinski definition) is 12. The number of anilines is 2.